The number of aromatic amines is 1. The van der Waals surface area contributed by atoms with Crippen molar-refractivity contribution < 1.29 is 19.0 Å². The number of nitrogens with two attached hydrogens (primary N) is 1. The van der Waals surface area contributed by atoms with Gasteiger partial charge in [-0.05, 0) is 17.5 Å². The fourth-order valence-corrected chi connectivity index (χ4v) is 4.57. The molecule has 8 heteroatoms. The van der Waals surface area contributed by atoms with Crippen molar-refractivity contribution in [3.8, 4) is 17.6 Å². The van der Waals surface area contributed by atoms with Crippen molar-refractivity contribution in [2.75, 3.05) is 13.2 Å². The van der Waals surface area contributed by atoms with Crippen LogP contribution in [0.15, 0.2) is 45.8 Å². The number of carbonyl (C=O) groups excluding carboxylic acids is 1. The van der Waals surface area contributed by atoms with Crippen LogP contribution in [-0.2, 0) is 9.53 Å². The quantitative estimate of drug-likeness (QED) is 0.727. The molecule has 0 bridgehead atoms. The van der Waals surface area contributed by atoms with E-state index < -0.39 is 11.5 Å². The van der Waals surface area contributed by atoms with Crippen LogP contribution in [0.4, 0.5) is 0 Å². The van der Waals surface area contributed by atoms with Gasteiger partial charge in [0.15, 0.2) is 17.3 Å². The van der Waals surface area contributed by atoms with Crippen molar-refractivity contribution in [1.29, 1.82) is 5.26 Å². The van der Waals surface area contributed by atoms with Gasteiger partial charge < -0.3 is 24.9 Å². The number of aromatic nitrogens is 1. The summed E-state index contributed by atoms with van der Waals surface area (Å²) in [6.07, 6.45) is 0.794. The van der Waals surface area contributed by atoms with Crippen LogP contribution in [0.2, 0.25) is 0 Å². The molecule has 1 unspecified atom stereocenters. The molecule has 3 N–H and O–H groups in total. The van der Waals surface area contributed by atoms with Crippen LogP contribution in [0.1, 0.15) is 38.2 Å². The van der Waals surface area contributed by atoms with Crippen LogP contribution in [0.5, 0.6) is 11.5 Å². The molecular formula is C23H21N3O5. The topological polar surface area (TPSA) is 127 Å². The Morgan fingerprint density at radius 3 is 2.55 bits per heavy atom. The average molecular weight is 419 g/mol. The Morgan fingerprint density at radius 1 is 1.13 bits per heavy atom. The Balaban J connectivity index is 1.73. The van der Waals surface area contributed by atoms with Crippen molar-refractivity contribution in [1.82, 2.24) is 4.98 Å². The number of benzene rings is 1. The van der Waals surface area contributed by atoms with Gasteiger partial charge in [0.2, 0.25) is 5.88 Å². The summed E-state index contributed by atoms with van der Waals surface area (Å²) in [4.78, 5) is 29.1. The maximum absolute atomic E-state index is 13.1. The third kappa shape index (κ3) is 3.05. The van der Waals surface area contributed by atoms with E-state index in [1.54, 1.807) is 18.2 Å². The van der Waals surface area contributed by atoms with E-state index in [-0.39, 0.29) is 28.2 Å². The molecule has 2 aromatic rings. The number of ketones is 1. The minimum atomic E-state index is -0.876. The summed E-state index contributed by atoms with van der Waals surface area (Å²) in [6, 6.07) is 7.23. The van der Waals surface area contributed by atoms with Crippen molar-refractivity contribution in [3.63, 3.8) is 0 Å². The van der Waals surface area contributed by atoms with Crippen LogP contribution >= 0.6 is 0 Å². The summed E-state index contributed by atoms with van der Waals surface area (Å²) in [5, 5.41) is 10.5. The predicted molar refractivity (Wildman–Crippen MR) is 111 cm³/mol. The lowest BCUT2D eigenvalue weighted by Crippen LogP contribution is -2.35. The zero-order valence-corrected chi connectivity index (χ0v) is 17.2. The smallest absolute Gasteiger partial charge is 0.252 e. The molecule has 0 saturated carbocycles. The van der Waals surface area contributed by atoms with E-state index in [4.69, 9.17) is 19.9 Å². The Morgan fingerprint density at radius 2 is 1.84 bits per heavy atom. The normalized spacial score (nSPS) is 22.1. The van der Waals surface area contributed by atoms with Gasteiger partial charge in [-0.2, -0.15) is 5.26 Å². The molecule has 3 heterocycles. The number of rotatable bonds is 1. The highest BCUT2D eigenvalue weighted by Crippen LogP contribution is 2.47. The fraction of sp³-hybridized carbons (Fsp3) is 0.348. The summed E-state index contributed by atoms with van der Waals surface area (Å²) in [6.45, 7) is 4.82. The molecule has 1 aromatic carbocycles. The fourth-order valence-electron chi connectivity index (χ4n) is 4.57. The van der Waals surface area contributed by atoms with Crippen LogP contribution < -0.4 is 20.8 Å². The minimum absolute atomic E-state index is 0.0641. The van der Waals surface area contributed by atoms with E-state index in [0.29, 0.717) is 59.8 Å². The van der Waals surface area contributed by atoms with Gasteiger partial charge in [0.05, 0.1) is 11.4 Å². The highest BCUT2D eigenvalue weighted by molar-refractivity contribution is 6.00. The minimum Gasteiger partial charge on any atom is -0.486 e. The van der Waals surface area contributed by atoms with Gasteiger partial charge in [0.25, 0.3) is 5.56 Å². The second-order valence-electron chi connectivity index (χ2n) is 8.84. The molecule has 0 amide bonds. The maximum Gasteiger partial charge on any atom is 0.252 e. The van der Waals surface area contributed by atoms with Gasteiger partial charge >= 0.3 is 0 Å². The number of carbonyl (C=O) groups is 1. The number of Topliss-reactive ketones (excluding diaryl/α,β-unsaturated/α-hetero) is 1. The molecule has 158 valence electrons. The number of H-pyrrole nitrogens is 1. The van der Waals surface area contributed by atoms with E-state index in [1.165, 1.54) is 0 Å². The first kappa shape index (κ1) is 19.2. The molecule has 8 nitrogen and oxygen atoms in total. The average Bonchev–Trinajstić information content (AvgIpc) is 2.70. The van der Waals surface area contributed by atoms with E-state index in [9.17, 15) is 14.9 Å². The SMILES string of the molecule is CC1(C)CC(=O)C2=C(C1)OC(N)=C(C#N)C2c1cc2cc3c(cc2[nH]c1=O)OCCO3. The lowest BCUT2D eigenvalue weighted by Gasteiger charge is -2.37. The maximum atomic E-state index is 13.1. The van der Waals surface area contributed by atoms with Gasteiger partial charge in [-0.15, -0.1) is 0 Å². The Kier molecular flexibility index (Phi) is 4.12. The molecule has 0 fully saturated rings. The molecule has 0 spiro atoms. The first-order valence-corrected chi connectivity index (χ1v) is 10.1. The standard InChI is InChI=1S/C23H21N3O5/c1-23(2)8-15(27)20-18(9-23)31-21(25)13(10-24)19(20)12-5-11-6-16-17(30-4-3-29-16)7-14(11)26-22(12)28/h5-7,19H,3-4,8-9,25H2,1-2H3,(H,26,28). The number of ether oxygens (including phenoxy) is 3. The van der Waals surface area contributed by atoms with Crippen LogP contribution in [0.25, 0.3) is 10.9 Å². The largest absolute Gasteiger partial charge is 0.486 e. The van der Waals surface area contributed by atoms with Crippen molar-refractivity contribution >= 4 is 16.7 Å². The van der Waals surface area contributed by atoms with Crippen molar-refractivity contribution in [2.45, 2.75) is 32.6 Å². The Bertz CT molecular complexity index is 1310. The summed E-state index contributed by atoms with van der Waals surface area (Å²) in [5.74, 6) is 0.485. The zero-order valence-electron chi connectivity index (χ0n) is 17.2. The van der Waals surface area contributed by atoms with Gasteiger partial charge in [0, 0.05) is 35.4 Å². The molecule has 1 atom stereocenters. The van der Waals surface area contributed by atoms with E-state index in [0.717, 1.165) is 0 Å². The van der Waals surface area contributed by atoms with E-state index in [2.05, 4.69) is 4.98 Å². The van der Waals surface area contributed by atoms with E-state index >= 15 is 0 Å². The molecule has 31 heavy (non-hydrogen) atoms. The zero-order chi connectivity index (χ0) is 21.9. The molecule has 3 aliphatic rings. The second-order valence-corrected chi connectivity index (χ2v) is 8.84. The number of hydrogen-bond donors (Lipinski definition) is 2. The van der Waals surface area contributed by atoms with Crippen LogP contribution in [0, 0.1) is 16.7 Å². The predicted octanol–water partition coefficient (Wildman–Crippen LogP) is 2.75. The molecule has 0 radical (unpaired) electrons. The number of fused-ring (bicyclic) bond motifs is 2. The molecule has 2 aliphatic heterocycles. The van der Waals surface area contributed by atoms with Gasteiger partial charge in [-0.25, -0.2) is 0 Å². The number of nitriles is 1. The molecular weight excluding hydrogens is 398 g/mol. The third-order valence-electron chi connectivity index (χ3n) is 5.92. The summed E-state index contributed by atoms with van der Waals surface area (Å²) in [5.41, 5.74) is 6.61. The van der Waals surface area contributed by atoms with Gasteiger partial charge in [-0.3, -0.25) is 9.59 Å². The third-order valence-corrected chi connectivity index (χ3v) is 5.92. The van der Waals surface area contributed by atoms with Crippen LogP contribution in [0.3, 0.4) is 0 Å². The number of hydrogen-bond acceptors (Lipinski definition) is 7. The molecule has 1 aliphatic carbocycles. The van der Waals surface area contributed by atoms with Gasteiger partial charge in [-0.1, -0.05) is 13.8 Å². The molecule has 5 rings (SSSR count). The van der Waals surface area contributed by atoms with Crippen molar-refractivity contribution in [3.05, 3.63) is 56.9 Å². The highest BCUT2D eigenvalue weighted by atomic mass is 16.6. The lowest BCUT2D eigenvalue weighted by atomic mass is 9.70. The number of nitrogens with one attached hydrogen (secondary N) is 1. The Hall–Kier alpha value is -3.73. The lowest BCUT2D eigenvalue weighted by molar-refractivity contribution is -0.119. The summed E-state index contributed by atoms with van der Waals surface area (Å²) in [7, 11) is 0. The first-order chi connectivity index (χ1) is 14.8. The first-order valence-electron chi connectivity index (χ1n) is 10.1. The molecule has 0 saturated heterocycles. The second kappa shape index (κ2) is 6.64. The van der Waals surface area contributed by atoms with Crippen molar-refractivity contribution in [2.24, 2.45) is 11.1 Å². The highest BCUT2D eigenvalue weighted by Gasteiger charge is 2.43. The number of allylic oxidation sites excluding steroid dienone is 3. The number of pyridine rings is 1. The summed E-state index contributed by atoms with van der Waals surface area (Å²) < 4.78 is 16.9. The molecule has 1 aromatic heterocycles. The van der Waals surface area contributed by atoms with Crippen LogP contribution in [-0.4, -0.2) is 24.0 Å². The number of nitrogens with zero attached hydrogens (tertiary/aromatic N) is 1. The van der Waals surface area contributed by atoms with Gasteiger partial charge in [0.1, 0.15) is 30.6 Å². The monoisotopic (exact) mass is 419 g/mol. The Labute approximate surface area is 177 Å². The summed E-state index contributed by atoms with van der Waals surface area (Å²) >= 11 is 0. The van der Waals surface area contributed by atoms with E-state index in [1.807, 2.05) is 19.9 Å².